The Kier molecular flexibility index (Phi) is 4.29. The van der Waals surface area contributed by atoms with E-state index >= 15 is 0 Å². The molecule has 1 aromatic carbocycles. The van der Waals surface area contributed by atoms with Crippen molar-refractivity contribution in [1.29, 1.82) is 5.26 Å². The molecule has 6 nitrogen and oxygen atoms in total. The van der Waals surface area contributed by atoms with Crippen LogP contribution in [0.1, 0.15) is 24.7 Å². The molecule has 110 valence electrons. The summed E-state index contributed by atoms with van der Waals surface area (Å²) in [7, 11) is -3.72. The van der Waals surface area contributed by atoms with Crippen molar-refractivity contribution in [3.63, 3.8) is 0 Å². The van der Waals surface area contributed by atoms with E-state index in [0.717, 1.165) is 13.0 Å². The van der Waals surface area contributed by atoms with Crippen molar-refractivity contribution in [3.8, 4) is 6.07 Å². The highest BCUT2D eigenvalue weighted by Gasteiger charge is 2.19. The molecule has 0 saturated carbocycles. The van der Waals surface area contributed by atoms with Crippen molar-refractivity contribution in [2.45, 2.75) is 31.8 Å². The summed E-state index contributed by atoms with van der Waals surface area (Å²) in [5.41, 5.74) is 0.873. The van der Waals surface area contributed by atoms with Crippen LogP contribution in [0.15, 0.2) is 35.5 Å². The van der Waals surface area contributed by atoms with Crippen LogP contribution in [0.3, 0.4) is 0 Å². The van der Waals surface area contributed by atoms with Gasteiger partial charge in [-0.15, -0.1) is 0 Å². The van der Waals surface area contributed by atoms with E-state index in [-0.39, 0.29) is 5.03 Å². The highest BCUT2D eigenvalue weighted by atomic mass is 32.2. The lowest BCUT2D eigenvalue weighted by molar-refractivity contribution is 0.597. The van der Waals surface area contributed by atoms with E-state index in [1.165, 1.54) is 6.20 Å². The van der Waals surface area contributed by atoms with Crippen molar-refractivity contribution in [2.24, 2.45) is 0 Å². The minimum absolute atomic E-state index is 0.00203. The van der Waals surface area contributed by atoms with Crippen LogP contribution in [0, 0.1) is 18.3 Å². The van der Waals surface area contributed by atoms with Crippen LogP contribution in [0.2, 0.25) is 0 Å². The predicted molar refractivity (Wildman–Crippen MR) is 79.2 cm³/mol. The summed E-state index contributed by atoms with van der Waals surface area (Å²) in [5, 5.41) is 8.72. The van der Waals surface area contributed by atoms with Gasteiger partial charge in [0, 0.05) is 18.4 Å². The van der Waals surface area contributed by atoms with E-state index < -0.39 is 10.0 Å². The van der Waals surface area contributed by atoms with Gasteiger partial charge in [0.05, 0.1) is 11.6 Å². The highest BCUT2D eigenvalue weighted by Crippen LogP contribution is 2.16. The molecule has 7 heteroatoms. The number of benzene rings is 1. The molecule has 0 amide bonds. The third kappa shape index (κ3) is 3.41. The van der Waals surface area contributed by atoms with E-state index in [1.807, 2.05) is 17.6 Å². The van der Waals surface area contributed by atoms with Gasteiger partial charge >= 0.3 is 0 Å². The summed E-state index contributed by atoms with van der Waals surface area (Å²) in [6.45, 7) is 4.52. The number of rotatable bonds is 5. The number of aryl methyl sites for hydroxylation is 2. The van der Waals surface area contributed by atoms with Gasteiger partial charge in [-0.05, 0) is 37.6 Å². The molecule has 0 aliphatic heterocycles. The molecule has 0 unspecified atom stereocenters. The zero-order chi connectivity index (χ0) is 15.5. The number of nitrogens with one attached hydrogen (secondary N) is 1. The van der Waals surface area contributed by atoms with E-state index in [9.17, 15) is 8.42 Å². The largest absolute Gasteiger partial charge is 0.334 e. The zero-order valence-electron chi connectivity index (χ0n) is 11.9. The molecule has 21 heavy (non-hydrogen) atoms. The molecule has 0 aliphatic rings. The maximum atomic E-state index is 12.3. The Morgan fingerprint density at radius 1 is 1.33 bits per heavy atom. The Hall–Kier alpha value is -2.33. The van der Waals surface area contributed by atoms with Gasteiger partial charge < -0.3 is 4.57 Å². The normalized spacial score (nSPS) is 11.1. The first-order valence-corrected chi connectivity index (χ1v) is 8.01. The molecular formula is C14H16N4O2S. The zero-order valence-corrected chi connectivity index (χ0v) is 12.7. The standard InChI is InChI=1S/C14H16N4O2S/c1-3-8-18-10-14(16-11(18)2)21(19,20)17-13-6-4-12(9-15)5-7-13/h4-7,10,17H,3,8H2,1-2H3. The Bertz CT molecular complexity index is 770. The lowest BCUT2D eigenvalue weighted by Crippen LogP contribution is -2.13. The fraction of sp³-hybridized carbons (Fsp3) is 0.286. The minimum atomic E-state index is -3.72. The topological polar surface area (TPSA) is 87.8 Å². The number of hydrogen-bond donors (Lipinski definition) is 1. The fourth-order valence-electron chi connectivity index (χ4n) is 1.90. The van der Waals surface area contributed by atoms with Crippen LogP contribution in [-0.4, -0.2) is 18.0 Å². The molecule has 0 aliphatic carbocycles. The van der Waals surface area contributed by atoms with Crippen LogP contribution >= 0.6 is 0 Å². The summed E-state index contributed by atoms with van der Waals surface area (Å²) in [5.74, 6) is 0.664. The van der Waals surface area contributed by atoms with Crippen LogP contribution in [0.4, 0.5) is 5.69 Å². The molecule has 0 saturated heterocycles. The molecule has 0 bridgehead atoms. The molecule has 0 spiro atoms. The summed E-state index contributed by atoms with van der Waals surface area (Å²) < 4.78 is 28.8. The average Bonchev–Trinajstić information content (AvgIpc) is 2.82. The van der Waals surface area contributed by atoms with Gasteiger partial charge in [-0.25, -0.2) is 4.98 Å². The van der Waals surface area contributed by atoms with Crippen LogP contribution < -0.4 is 4.72 Å². The first kappa shape index (κ1) is 15.1. The third-order valence-electron chi connectivity index (χ3n) is 2.96. The second kappa shape index (κ2) is 5.97. The Labute approximate surface area is 124 Å². The van der Waals surface area contributed by atoms with Gasteiger partial charge in [0.25, 0.3) is 10.0 Å². The number of nitriles is 1. The number of hydrogen-bond acceptors (Lipinski definition) is 4. The van der Waals surface area contributed by atoms with Crippen LogP contribution in [0.5, 0.6) is 0 Å². The highest BCUT2D eigenvalue weighted by molar-refractivity contribution is 7.92. The van der Waals surface area contributed by atoms with Gasteiger partial charge in [-0.3, -0.25) is 4.72 Å². The van der Waals surface area contributed by atoms with Gasteiger partial charge in [0.2, 0.25) is 0 Å². The lowest BCUT2D eigenvalue weighted by atomic mass is 10.2. The quantitative estimate of drug-likeness (QED) is 0.917. The second-order valence-corrected chi connectivity index (χ2v) is 6.24. The molecular weight excluding hydrogens is 288 g/mol. The Balaban J connectivity index is 2.25. The van der Waals surface area contributed by atoms with E-state index in [0.29, 0.717) is 17.1 Å². The number of sulfonamides is 1. The maximum Gasteiger partial charge on any atom is 0.280 e. The monoisotopic (exact) mass is 304 g/mol. The first-order valence-electron chi connectivity index (χ1n) is 6.53. The smallest absolute Gasteiger partial charge is 0.280 e. The van der Waals surface area contributed by atoms with Crippen molar-refractivity contribution in [3.05, 3.63) is 41.9 Å². The Morgan fingerprint density at radius 3 is 2.57 bits per heavy atom. The molecule has 1 aromatic heterocycles. The van der Waals surface area contributed by atoms with E-state index in [2.05, 4.69) is 9.71 Å². The van der Waals surface area contributed by atoms with Crippen molar-refractivity contribution in [1.82, 2.24) is 9.55 Å². The number of anilines is 1. The molecule has 0 fully saturated rings. The van der Waals surface area contributed by atoms with E-state index in [4.69, 9.17) is 5.26 Å². The van der Waals surface area contributed by atoms with Crippen molar-refractivity contribution < 1.29 is 8.42 Å². The SMILES string of the molecule is CCCn1cc(S(=O)(=O)Nc2ccc(C#N)cc2)nc1C. The van der Waals surface area contributed by atoms with Gasteiger partial charge in [-0.1, -0.05) is 6.92 Å². The maximum absolute atomic E-state index is 12.3. The van der Waals surface area contributed by atoms with Gasteiger partial charge in [0.15, 0.2) is 5.03 Å². The average molecular weight is 304 g/mol. The molecule has 1 heterocycles. The Morgan fingerprint density at radius 2 is 2.00 bits per heavy atom. The van der Waals surface area contributed by atoms with Gasteiger partial charge in [-0.2, -0.15) is 13.7 Å². The summed E-state index contributed by atoms with van der Waals surface area (Å²) in [6, 6.07) is 8.18. The number of aromatic nitrogens is 2. The second-order valence-electron chi connectivity index (χ2n) is 4.61. The molecule has 2 aromatic rings. The molecule has 2 rings (SSSR count). The van der Waals surface area contributed by atoms with Crippen LogP contribution in [0.25, 0.3) is 0 Å². The third-order valence-corrected chi connectivity index (χ3v) is 4.21. The van der Waals surface area contributed by atoms with Gasteiger partial charge in [0.1, 0.15) is 5.82 Å². The molecule has 0 radical (unpaired) electrons. The molecule has 1 N–H and O–H groups in total. The predicted octanol–water partition coefficient (Wildman–Crippen LogP) is 2.27. The number of nitrogens with zero attached hydrogens (tertiary/aromatic N) is 3. The number of imidazole rings is 1. The first-order chi connectivity index (χ1) is 9.96. The summed E-state index contributed by atoms with van der Waals surface area (Å²) in [6.07, 6.45) is 2.44. The minimum Gasteiger partial charge on any atom is -0.334 e. The van der Waals surface area contributed by atoms with Crippen molar-refractivity contribution >= 4 is 15.7 Å². The summed E-state index contributed by atoms with van der Waals surface area (Å²) in [4.78, 5) is 4.09. The van der Waals surface area contributed by atoms with E-state index in [1.54, 1.807) is 31.2 Å². The van der Waals surface area contributed by atoms with Crippen LogP contribution in [-0.2, 0) is 16.6 Å². The molecule has 0 atom stereocenters. The lowest BCUT2D eigenvalue weighted by Gasteiger charge is -2.05. The summed E-state index contributed by atoms with van der Waals surface area (Å²) >= 11 is 0. The van der Waals surface area contributed by atoms with Crippen molar-refractivity contribution in [2.75, 3.05) is 4.72 Å². The fourth-order valence-corrected chi connectivity index (χ4v) is 2.97.